The largest absolute Gasteiger partial charge is 0.507 e. The molecule has 0 aliphatic carbocycles. The molecule has 1 fully saturated rings. The third kappa shape index (κ3) is 3.62. The van der Waals surface area contributed by atoms with Crippen LogP contribution in [-0.2, 0) is 9.59 Å². The van der Waals surface area contributed by atoms with Gasteiger partial charge in [0, 0.05) is 5.56 Å². The van der Waals surface area contributed by atoms with E-state index in [1.165, 1.54) is 30.2 Å². The third-order valence-electron chi connectivity index (χ3n) is 5.75. The second-order valence-corrected chi connectivity index (χ2v) is 8.93. The number of Topliss-reactive ketones (excluding diaryl/α,β-unsaturated/α-hetero) is 1. The molecule has 0 radical (unpaired) electrons. The van der Waals surface area contributed by atoms with Gasteiger partial charge < -0.3 is 9.84 Å². The van der Waals surface area contributed by atoms with Crippen molar-refractivity contribution < 1.29 is 23.8 Å². The van der Waals surface area contributed by atoms with E-state index in [1.807, 2.05) is 31.2 Å². The van der Waals surface area contributed by atoms with Crippen LogP contribution in [0.3, 0.4) is 0 Å². The van der Waals surface area contributed by atoms with E-state index in [0.29, 0.717) is 27.1 Å². The number of anilines is 1. The van der Waals surface area contributed by atoms with Gasteiger partial charge in [-0.1, -0.05) is 41.2 Å². The summed E-state index contributed by atoms with van der Waals surface area (Å²) >= 11 is 1.11. The molecule has 4 aromatic rings. The summed E-state index contributed by atoms with van der Waals surface area (Å²) in [4.78, 5) is 32.3. The number of aryl methyl sites for hydroxylation is 1. The summed E-state index contributed by atoms with van der Waals surface area (Å²) in [6.45, 7) is 1.93. The average Bonchev–Trinajstić information content (AvgIpc) is 3.37. The number of amides is 1. The van der Waals surface area contributed by atoms with Crippen molar-refractivity contribution in [3.05, 3.63) is 94.8 Å². The van der Waals surface area contributed by atoms with Crippen LogP contribution in [0.4, 0.5) is 9.52 Å². The fourth-order valence-corrected chi connectivity index (χ4v) is 5.00. The monoisotopic (exact) mass is 474 g/mol. The van der Waals surface area contributed by atoms with Crippen molar-refractivity contribution in [3.63, 3.8) is 0 Å². The zero-order chi connectivity index (χ0) is 24.0. The zero-order valence-electron chi connectivity index (χ0n) is 18.3. The van der Waals surface area contributed by atoms with Gasteiger partial charge in [-0.15, -0.1) is 0 Å². The smallest absolute Gasteiger partial charge is 0.301 e. The van der Waals surface area contributed by atoms with Gasteiger partial charge in [-0.2, -0.15) is 0 Å². The molecular formula is C26H19FN2O4S. The lowest BCUT2D eigenvalue weighted by molar-refractivity contribution is -0.132. The summed E-state index contributed by atoms with van der Waals surface area (Å²) in [7, 11) is 1.53. The highest BCUT2D eigenvalue weighted by Gasteiger charge is 2.48. The van der Waals surface area contributed by atoms with Crippen molar-refractivity contribution in [3.8, 4) is 5.75 Å². The number of benzene rings is 3. The standard InChI is InChI=1S/C26H19FN2O4S/c1-14-3-5-15(6-4-14)22-21(23(30)16-7-10-18(33-2)11-8-16)24(31)25(32)29(22)26-28-19-12-9-17(27)13-20(19)34-26/h3-13,22,30H,1-2H3/b23-21+. The molecule has 1 amide bonds. The molecule has 1 atom stereocenters. The lowest BCUT2D eigenvalue weighted by atomic mass is 9.95. The Labute approximate surface area is 198 Å². The second-order valence-electron chi connectivity index (χ2n) is 7.92. The van der Waals surface area contributed by atoms with Crippen molar-refractivity contribution in [2.75, 3.05) is 12.0 Å². The van der Waals surface area contributed by atoms with E-state index in [2.05, 4.69) is 4.98 Å². The van der Waals surface area contributed by atoms with Crippen molar-refractivity contribution in [2.24, 2.45) is 0 Å². The summed E-state index contributed by atoms with van der Waals surface area (Å²) in [5.41, 5.74) is 2.50. The number of hydrogen-bond donors (Lipinski definition) is 1. The Balaban J connectivity index is 1.71. The predicted molar refractivity (Wildman–Crippen MR) is 129 cm³/mol. The molecule has 1 unspecified atom stereocenters. The van der Waals surface area contributed by atoms with Crippen LogP contribution in [0.25, 0.3) is 16.0 Å². The first-order valence-electron chi connectivity index (χ1n) is 10.5. The average molecular weight is 475 g/mol. The molecule has 1 aliphatic rings. The Hall–Kier alpha value is -4.04. The highest BCUT2D eigenvalue weighted by atomic mass is 32.1. The number of fused-ring (bicyclic) bond motifs is 1. The first-order chi connectivity index (χ1) is 16.4. The van der Waals surface area contributed by atoms with E-state index >= 15 is 0 Å². The van der Waals surface area contributed by atoms with Crippen LogP contribution in [0.1, 0.15) is 22.7 Å². The first-order valence-corrected chi connectivity index (χ1v) is 11.3. The molecule has 2 heterocycles. The van der Waals surface area contributed by atoms with Gasteiger partial charge in [0.2, 0.25) is 0 Å². The molecule has 0 spiro atoms. The zero-order valence-corrected chi connectivity index (χ0v) is 19.1. The van der Waals surface area contributed by atoms with Crippen LogP contribution in [0.15, 0.2) is 72.3 Å². The van der Waals surface area contributed by atoms with E-state index in [-0.39, 0.29) is 16.5 Å². The highest BCUT2D eigenvalue weighted by molar-refractivity contribution is 7.22. The number of halogens is 1. The Morgan fingerprint density at radius 3 is 2.44 bits per heavy atom. The molecule has 0 saturated carbocycles. The molecule has 5 rings (SSSR count). The Morgan fingerprint density at radius 2 is 1.76 bits per heavy atom. The van der Waals surface area contributed by atoms with Crippen molar-refractivity contribution in [1.82, 2.24) is 4.98 Å². The van der Waals surface area contributed by atoms with Gasteiger partial charge in [-0.05, 0) is 55.0 Å². The van der Waals surface area contributed by atoms with Gasteiger partial charge in [-0.25, -0.2) is 9.37 Å². The quantitative estimate of drug-likeness (QED) is 0.244. The number of carbonyl (C=O) groups excluding carboxylic acids is 2. The fourth-order valence-electron chi connectivity index (χ4n) is 3.99. The number of hydrogen-bond acceptors (Lipinski definition) is 6. The number of nitrogens with zero attached hydrogens (tertiary/aromatic N) is 2. The summed E-state index contributed by atoms with van der Waals surface area (Å²) in [5.74, 6) is -1.74. The number of ether oxygens (including phenoxy) is 1. The number of aliphatic hydroxyl groups is 1. The van der Waals surface area contributed by atoms with E-state index in [9.17, 15) is 19.1 Å². The molecule has 1 aromatic heterocycles. The molecule has 8 heteroatoms. The normalized spacial score (nSPS) is 17.5. The minimum Gasteiger partial charge on any atom is -0.507 e. The maximum Gasteiger partial charge on any atom is 0.301 e. The third-order valence-corrected chi connectivity index (χ3v) is 6.76. The van der Waals surface area contributed by atoms with Crippen LogP contribution < -0.4 is 9.64 Å². The maximum atomic E-state index is 13.7. The van der Waals surface area contributed by atoms with Gasteiger partial charge in [-0.3, -0.25) is 14.5 Å². The SMILES string of the molecule is COc1ccc(/C(O)=C2\C(=O)C(=O)N(c3nc4ccc(F)cc4s3)C2c2ccc(C)cc2)cc1. The minimum atomic E-state index is -0.895. The second kappa shape index (κ2) is 8.39. The Kier molecular flexibility index (Phi) is 5.37. The van der Waals surface area contributed by atoms with Crippen LogP contribution in [-0.4, -0.2) is 28.9 Å². The Morgan fingerprint density at radius 1 is 1.06 bits per heavy atom. The van der Waals surface area contributed by atoms with Gasteiger partial charge in [0.25, 0.3) is 5.78 Å². The lowest BCUT2D eigenvalue weighted by Gasteiger charge is -2.23. The lowest BCUT2D eigenvalue weighted by Crippen LogP contribution is -2.29. The van der Waals surface area contributed by atoms with Crippen molar-refractivity contribution in [1.29, 1.82) is 0 Å². The summed E-state index contributed by atoms with van der Waals surface area (Å²) < 4.78 is 19.5. The fraction of sp³-hybridized carbons (Fsp3) is 0.115. The highest BCUT2D eigenvalue weighted by Crippen LogP contribution is 2.44. The number of thiazole rings is 1. The maximum absolute atomic E-state index is 13.7. The molecule has 1 N–H and O–H groups in total. The Bertz CT molecular complexity index is 1460. The molecule has 170 valence electrons. The van der Waals surface area contributed by atoms with Gasteiger partial charge in [0.1, 0.15) is 17.3 Å². The van der Waals surface area contributed by atoms with Gasteiger partial charge in [0.15, 0.2) is 5.13 Å². The molecule has 3 aromatic carbocycles. The van der Waals surface area contributed by atoms with E-state index in [4.69, 9.17) is 4.74 Å². The van der Waals surface area contributed by atoms with Gasteiger partial charge in [0.05, 0.1) is 28.9 Å². The number of rotatable bonds is 4. The van der Waals surface area contributed by atoms with E-state index in [1.54, 1.807) is 24.3 Å². The summed E-state index contributed by atoms with van der Waals surface area (Å²) in [6.07, 6.45) is 0. The molecule has 6 nitrogen and oxygen atoms in total. The molecular weight excluding hydrogens is 455 g/mol. The number of methoxy groups -OCH3 is 1. The van der Waals surface area contributed by atoms with Gasteiger partial charge >= 0.3 is 5.91 Å². The number of carbonyl (C=O) groups is 2. The minimum absolute atomic E-state index is 0.0375. The number of aliphatic hydroxyl groups excluding tert-OH is 1. The predicted octanol–water partition coefficient (Wildman–Crippen LogP) is 5.38. The van der Waals surface area contributed by atoms with Crippen molar-refractivity contribution in [2.45, 2.75) is 13.0 Å². The van der Waals surface area contributed by atoms with Crippen LogP contribution in [0, 0.1) is 12.7 Å². The van der Waals surface area contributed by atoms with Crippen molar-refractivity contribution >= 4 is 44.1 Å². The topological polar surface area (TPSA) is 79.7 Å². The van der Waals surface area contributed by atoms with E-state index < -0.39 is 23.5 Å². The molecule has 0 bridgehead atoms. The van der Waals surface area contributed by atoms with Crippen LogP contribution >= 0.6 is 11.3 Å². The van der Waals surface area contributed by atoms with Crippen LogP contribution in [0.5, 0.6) is 5.75 Å². The molecule has 1 aliphatic heterocycles. The molecule has 34 heavy (non-hydrogen) atoms. The summed E-state index contributed by atoms with van der Waals surface area (Å²) in [6, 6.07) is 17.2. The number of ketones is 1. The van der Waals surface area contributed by atoms with E-state index in [0.717, 1.165) is 16.9 Å². The number of aromatic nitrogens is 1. The molecule has 1 saturated heterocycles. The first kappa shape index (κ1) is 21.8. The summed E-state index contributed by atoms with van der Waals surface area (Å²) in [5, 5.41) is 11.4. The van der Waals surface area contributed by atoms with Crippen LogP contribution in [0.2, 0.25) is 0 Å².